The Kier molecular flexibility index (Phi) is 6.80. The number of nitrogens with one attached hydrogen (secondary N) is 1. The Morgan fingerprint density at radius 3 is 1.88 bits per heavy atom. The van der Waals surface area contributed by atoms with Crippen molar-refractivity contribution in [3.8, 4) is 0 Å². The first-order chi connectivity index (χ1) is 12.3. The van der Waals surface area contributed by atoms with Crippen molar-refractivity contribution in [2.45, 2.75) is 33.1 Å². The number of amides is 1. The fraction of sp³-hybridized carbons (Fsp3) is 0.350. The molecule has 2 aromatic rings. The maximum Gasteiger partial charge on any atom is 0.232 e. The van der Waals surface area contributed by atoms with E-state index in [1.54, 1.807) is 12.1 Å². The predicted octanol–water partition coefficient (Wildman–Crippen LogP) is 3.61. The van der Waals surface area contributed by atoms with Crippen LogP contribution >= 0.6 is 0 Å². The third kappa shape index (κ3) is 5.59. The van der Waals surface area contributed by atoms with Crippen LogP contribution in [0.25, 0.3) is 0 Å². The number of aryl methyl sites for hydroxylation is 2. The van der Waals surface area contributed by atoms with E-state index in [0.29, 0.717) is 11.4 Å². The molecule has 0 atom stereocenters. The van der Waals surface area contributed by atoms with Crippen molar-refractivity contribution in [2.75, 3.05) is 22.4 Å². The van der Waals surface area contributed by atoms with Gasteiger partial charge in [-0.2, -0.15) is 0 Å². The van der Waals surface area contributed by atoms with E-state index in [4.69, 9.17) is 0 Å². The highest BCUT2D eigenvalue weighted by atomic mass is 32.2. The summed E-state index contributed by atoms with van der Waals surface area (Å²) in [6.45, 7) is 4.21. The SMILES string of the molecule is CCc1ccc(NC(=O)CCN(c2ccc(CC)cc2)S(C)(=O)=O)cc1. The number of anilines is 2. The van der Waals surface area contributed by atoms with Gasteiger partial charge in [-0.25, -0.2) is 8.42 Å². The van der Waals surface area contributed by atoms with Crippen LogP contribution in [0.2, 0.25) is 0 Å². The third-order valence-electron chi connectivity index (χ3n) is 4.22. The summed E-state index contributed by atoms with van der Waals surface area (Å²) in [7, 11) is -3.46. The van der Waals surface area contributed by atoms with Crippen molar-refractivity contribution >= 4 is 27.3 Å². The summed E-state index contributed by atoms with van der Waals surface area (Å²) in [5.41, 5.74) is 3.62. The summed E-state index contributed by atoms with van der Waals surface area (Å²) < 4.78 is 25.5. The van der Waals surface area contributed by atoms with Gasteiger partial charge in [0.15, 0.2) is 0 Å². The quantitative estimate of drug-likeness (QED) is 0.768. The second-order valence-electron chi connectivity index (χ2n) is 6.20. The normalized spacial score (nSPS) is 11.2. The van der Waals surface area contributed by atoms with E-state index in [1.807, 2.05) is 43.3 Å². The van der Waals surface area contributed by atoms with Gasteiger partial charge < -0.3 is 5.32 Å². The zero-order chi connectivity index (χ0) is 19.2. The molecular weight excluding hydrogens is 348 g/mol. The molecule has 0 fully saturated rings. The molecule has 1 N–H and O–H groups in total. The Balaban J connectivity index is 2.02. The number of carbonyl (C=O) groups is 1. The van der Waals surface area contributed by atoms with Gasteiger partial charge in [-0.05, 0) is 48.2 Å². The van der Waals surface area contributed by atoms with E-state index >= 15 is 0 Å². The molecule has 0 aromatic heterocycles. The topological polar surface area (TPSA) is 66.5 Å². The zero-order valence-electron chi connectivity index (χ0n) is 15.5. The average molecular weight is 375 g/mol. The van der Waals surface area contributed by atoms with Crippen molar-refractivity contribution in [2.24, 2.45) is 0 Å². The Morgan fingerprint density at radius 1 is 0.923 bits per heavy atom. The van der Waals surface area contributed by atoms with Crippen LogP contribution in [0.1, 0.15) is 31.4 Å². The van der Waals surface area contributed by atoms with E-state index in [1.165, 1.54) is 9.87 Å². The molecule has 0 saturated carbocycles. The number of hydrogen-bond acceptors (Lipinski definition) is 3. The van der Waals surface area contributed by atoms with Crippen LogP contribution in [-0.4, -0.2) is 27.1 Å². The van der Waals surface area contributed by atoms with E-state index in [-0.39, 0.29) is 18.9 Å². The molecule has 2 aromatic carbocycles. The second kappa shape index (κ2) is 8.85. The first-order valence-corrected chi connectivity index (χ1v) is 10.6. The molecule has 0 unspecified atom stereocenters. The standard InChI is InChI=1S/C20H26N2O3S/c1-4-16-6-10-18(11-7-16)21-20(23)14-15-22(26(3,24)25)19-12-8-17(5-2)9-13-19/h6-13H,4-5,14-15H2,1-3H3,(H,21,23). The smallest absolute Gasteiger partial charge is 0.232 e. The minimum atomic E-state index is -3.46. The summed E-state index contributed by atoms with van der Waals surface area (Å²) in [5, 5.41) is 2.81. The summed E-state index contributed by atoms with van der Waals surface area (Å²) in [5.74, 6) is -0.215. The summed E-state index contributed by atoms with van der Waals surface area (Å²) in [4.78, 5) is 12.2. The molecule has 0 aliphatic carbocycles. The Hall–Kier alpha value is -2.34. The van der Waals surface area contributed by atoms with Crippen LogP contribution in [0.4, 0.5) is 11.4 Å². The van der Waals surface area contributed by atoms with Crippen molar-refractivity contribution in [1.82, 2.24) is 0 Å². The summed E-state index contributed by atoms with van der Waals surface area (Å²) >= 11 is 0. The summed E-state index contributed by atoms with van der Waals surface area (Å²) in [6.07, 6.45) is 3.06. The largest absolute Gasteiger partial charge is 0.326 e. The number of nitrogens with zero attached hydrogens (tertiary/aromatic N) is 1. The van der Waals surface area contributed by atoms with Gasteiger partial charge in [0.05, 0.1) is 11.9 Å². The van der Waals surface area contributed by atoms with Gasteiger partial charge in [0.2, 0.25) is 15.9 Å². The zero-order valence-corrected chi connectivity index (χ0v) is 16.3. The van der Waals surface area contributed by atoms with Crippen LogP contribution in [0.15, 0.2) is 48.5 Å². The molecule has 2 rings (SSSR count). The minimum absolute atomic E-state index is 0.0815. The van der Waals surface area contributed by atoms with Gasteiger partial charge in [-0.15, -0.1) is 0 Å². The first-order valence-electron chi connectivity index (χ1n) is 8.79. The molecule has 5 nitrogen and oxygen atoms in total. The van der Waals surface area contributed by atoms with Gasteiger partial charge in [-0.3, -0.25) is 9.10 Å². The van der Waals surface area contributed by atoms with Gasteiger partial charge >= 0.3 is 0 Å². The molecule has 1 amide bonds. The lowest BCUT2D eigenvalue weighted by atomic mass is 10.1. The van der Waals surface area contributed by atoms with Crippen LogP contribution in [0.3, 0.4) is 0 Å². The molecule has 0 saturated heterocycles. The number of benzene rings is 2. The van der Waals surface area contributed by atoms with Crippen LogP contribution < -0.4 is 9.62 Å². The van der Waals surface area contributed by atoms with E-state index in [0.717, 1.165) is 24.7 Å². The highest BCUT2D eigenvalue weighted by Crippen LogP contribution is 2.19. The second-order valence-corrected chi connectivity index (χ2v) is 8.11. The van der Waals surface area contributed by atoms with Gasteiger partial charge in [0.25, 0.3) is 0 Å². The molecule has 6 heteroatoms. The Morgan fingerprint density at radius 2 is 1.42 bits per heavy atom. The highest BCUT2D eigenvalue weighted by molar-refractivity contribution is 7.92. The van der Waals surface area contributed by atoms with E-state index in [9.17, 15) is 13.2 Å². The number of rotatable bonds is 8. The molecule has 140 valence electrons. The lowest BCUT2D eigenvalue weighted by Crippen LogP contribution is -2.33. The van der Waals surface area contributed by atoms with Crippen LogP contribution in [-0.2, 0) is 27.7 Å². The lowest BCUT2D eigenvalue weighted by Gasteiger charge is -2.22. The predicted molar refractivity (Wildman–Crippen MR) is 107 cm³/mol. The minimum Gasteiger partial charge on any atom is -0.326 e. The fourth-order valence-corrected chi connectivity index (χ4v) is 3.56. The van der Waals surface area contributed by atoms with Crippen molar-refractivity contribution in [3.63, 3.8) is 0 Å². The van der Waals surface area contributed by atoms with E-state index < -0.39 is 10.0 Å². The molecule has 0 aliphatic rings. The maximum atomic E-state index is 12.2. The highest BCUT2D eigenvalue weighted by Gasteiger charge is 2.18. The van der Waals surface area contributed by atoms with Crippen LogP contribution in [0.5, 0.6) is 0 Å². The van der Waals surface area contributed by atoms with Crippen molar-refractivity contribution in [3.05, 3.63) is 59.7 Å². The van der Waals surface area contributed by atoms with Gasteiger partial charge in [0, 0.05) is 18.7 Å². The fourth-order valence-electron chi connectivity index (χ4n) is 2.63. The van der Waals surface area contributed by atoms with Gasteiger partial charge in [-0.1, -0.05) is 38.1 Å². The number of hydrogen-bond donors (Lipinski definition) is 1. The molecule has 0 heterocycles. The monoisotopic (exact) mass is 374 g/mol. The molecular formula is C20H26N2O3S. The Labute approximate surface area is 156 Å². The van der Waals surface area contributed by atoms with Crippen LogP contribution in [0, 0.1) is 0 Å². The molecule has 26 heavy (non-hydrogen) atoms. The third-order valence-corrected chi connectivity index (χ3v) is 5.41. The molecule has 0 aliphatic heterocycles. The summed E-state index contributed by atoms with van der Waals surface area (Å²) in [6, 6.07) is 15.0. The van der Waals surface area contributed by atoms with E-state index in [2.05, 4.69) is 12.2 Å². The average Bonchev–Trinajstić information content (AvgIpc) is 2.62. The van der Waals surface area contributed by atoms with Crippen molar-refractivity contribution in [1.29, 1.82) is 0 Å². The number of carbonyl (C=O) groups excluding carboxylic acids is 1. The first kappa shape index (κ1) is 20.0. The van der Waals surface area contributed by atoms with Gasteiger partial charge in [0.1, 0.15) is 0 Å². The maximum absolute atomic E-state index is 12.2. The molecule has 0 bridgehead atoms. The molecule has 0 radical (unpaired) electrons. The van der Waals surface area contributed by atoms with Crippen molar-refractivity contribution < 1.29 is 13.2 Å². The number of sulfonamides is 1. The molecule has 0 spiro atoms. The lowest BCUT2D eigenvalue weighted by molar-refractivity contribution is -0.116. The Bertz CT molecular complexity index is 828.